The van der Waals surface area contributed by atoms with Gasteiger partial charge >= 0.3 is 0 Å². The van der Waals surface area contributed by atoms with Gasteiger partial charge in [0.05, 0.1) is 0 Å². The topological polar surface area (TPSA) is 3.24 Å². The predicted octanol–water partition coefficient (Wildman–Crippen LogP) is 2.01. The molecule has 2 radical (unpaired) electrons. The van der Waals surface area contributed by atoms with Gasteiger partial charge in [-0.05, 0) is 37.2 Å². The molecule has 0 amide bonds. The van der Waals surface area contributed by atoms with E-state index in [1.54, 1.807) is 0 Å². The summed E-state index contributed by atoms with van der Waals surface area (Å²) >= 11 is 0. The Labute approximate surface area is 90.0 Å². The molecule has 1 nitrogen and oxygen atoms in total. The zero-order valence-electron chi connectivity index (χ0n) is 9.54. The predicted molar refractivity (Wildman–Crippen MR) is 64.2 cm³/mol. The molecule has 2 heteroatoms. The first-order chi connectivity index (χ1) is 6.65. The van der Waals surface area contributed by atoms with Crippen LogP contribution in [0.1, 0.15) is 31.7 Å². The lowest BCUT2D eigenvalue weighted by atomic mass is 9.99. The standard InChI is InChI=1S/C12H19NSi/c1-5-10(2)11-8-6-7-9-12(11)14-13(3)4/h6-10H,5H2,1-4H3. The summed E-state index contributed by atoms with van der Waals surface area (Å²) in [6, 6.07) is 8.79. The number of hydrogen-bond acceptors (Lipinski definition) is 1. The third-order valence-electron chi connectivity index (χ3n) is 2.45. The van der Waals surface area contributed by atoms with Gasteiger partial charge in [-0.1, -0.05) is 38.1 Å². The van der Waals surface area contributed by atoms with Crippen molar-refractivity contribution in [1.82, 2.24) is 4.57 Å². The van der Waals surface area contributed by atoms with Crippen molar-refractivity contribution in [3.63, 3.8) is 0 Å². The van der Waals surface area contributed by atoms with Crippen LogP contribution >= 0.6 is 0 Å². The molecule has 0 bridgehead atoms. The minimum atomic E-state index is 0.679. The molecular formula is C12H19NSi. The molecule has 1 atom stereocenters. The van der Waals surface area contributed by atoms with Crippen molar-refractivity contribution in [3.8, 4) is 0 Å². The van der Waals surface area contributed by atoms with Gasteiger partial charge < -0.3 is 4.57 Å². The molecule has 0 N–H and O–H groups in total. The molecule has 0 saturated carbocycles. The van der Waals surface area contributed by atoms with Gasteiger partial charge in [0.25, 0.3) is 0 Å². The van der Waals surface area contributed by atoms with Crippen molar-refractivity contribution in [2.45, 2.75) is 26.2 Å². The van der Waals surface area contributed by atoms with E-state index in [9.17, 15) is 0 Å². The maximum absolute atomic E-state index is 2.30. The van der Waals surface area contributed by atoms with Crippen LogP contribution in [0.4, 0.5) is 0 Å². The zero-order chi connectivity index (χ0) is 10.6. The normalized spacial score (nSPS) is 13.2. The molecular weight excluding hydrogens is 186 g/mol. The summed E-state index contributed by atoms with van der Waals surface area (Å²) in [6.45, 7) is 4.55. The lowest BCUT2D eigenvalue weighted by Crippen LogP contribution is -2.32. The van der Waals surface area contributed by atoms with Crippen LogP contribution in [0.5, 0.6) is 0 Å². The fourth-order valence-corrected chi connectivity index (χ4v) is 2.60. The minimum absolute atomic E-state index is 0.679. The average molecular weight is 205 g/mol. The van der Waals surface area contributed by atoms with Crippen LogP contribution < -0.4 is 5.19 Å². The van der Waals surface area contributed by atoms with Gasteiger partial charge in [-0.3, -0.25) is 0 Å². The number of rotatable bonds is 4. The lowest BCUT2D eigenvalue weighted by Gasteiger charge is -2.16. The van der Waals surface area contributed by atoms with Crippen LogP contribution in [0.15, 0.2) is 24.3 Å². The second kappa shape index (κ2) is 5.32. The Morgan fingerprint density at radius 2 is 1.93 bits per heavy atom. The van der Waals surface area contributed by atoms with E-state index in [0.29, 0.717) is 5.92 Å². The lowest BCUT2D eigenvalue weighted by molar-refractivity contribution is 0.667. The molecule has 1 aromatic carbocycles. The van der Waals surface area contributed by atoms with Crippen molar-refractivity contribution in [2.24, 2.45) is 0 Å². The van der Waals surface area contributed by atoms with Gasteiger partial charge in [-0.15, -0.1) is 0 Å². The van der Waals surface area contributed by atoms with Gasteiger partial charge in [0, 0.05) is 0 Å². The summed E-state index contributed by atoms with van der Waals surface area (Å²) in [5.41, 5.74) is 1.52. The Kier molecular flexibility index (Phi) is 4.36. The van der Waals surface area contributed by atoms with Crippen molar-refractivity contribution < 1.29 is 0 Å². The van der Waals surface area contributed by atoms with Gasteiger partial charge in [0.2, 0.25) is 0 Å². The molecule has 14 heavy (non-hydrogen) atoms. The number of hydrogen-bond donors (Lipinski definition) is 0. The summed E-state index contributed by atoms with van der Waals surface area (Å²) in [6.07, 6.45) is 1.22. The Hall–Kier alpha value is -0.603. The quantitative estimate of drug-likeness (QED) is 0.680. The third kappa shape index (κ3) is 2.96. The van der Waals surface area contributed by atoms with Crippen LogP contribution in [0, 0.1) is 0 Å². The highest BCUT2D eigenvalue weighted by Gasteiger charge is 2.09. The molecule has 0 aliphatic rings. The molecule has 0 aliphatic carbocycles. The van der Waals surface area contributed by atoms with Crippen LogP contribution in [-0.2, 0) is 0 Å². The van der Waals surface area contributed by atoms with Crippen LogP contribution in [0.25, 0.3) is 0 Å². The first kappa shape index (κ1) is 11.5. The summed E-state index contributed by atoms with van der Waals surface area (Å²) in [7, 11) is 5.05. The van der Waals surface area contributed by atoms with Gasteiger partial charge in [-0.25, -0.2) is 0 Å². The SMILES string of the molecule is CCC(C)c1ccccc1[Si]N(C)C. The molecule has 76 valence electrons. The van der Waals surface area contributed by atoms with E-state index in [1.165, 1.54) is 17.2 Å². The van der Waals surface area contributed by atoms with Crippen LogP contribution in [-0.4, -0.2) is 28.3 Å². The first-order valence-corrected chi connectivity index (χ1v) is 6.12. The van der Waals surface area contributed by atoms with Crippen molar-refractivity contribution in [1.29, 1.82) is 0 Å². The van der Waals surface area contributed by atoms with E-state index in [4.69, 9.17) is 0 Å². The molecule has 0 heterocycles. The van der Waals surface area contributed by atoms with Crippen molar-refractivity contribution in [2.75, 3.05) is 14.1 Å². The molecule has 0 fully saturated rings. The Morgan fingerprint density at radius 3 is 2.50 bits per heavy atom. The van der Waals surface area contributed by atoms with Crippen molar-refractivity contribution in [3.05, 3.63) is 29.8 Å². The zero-order valence-corrected chi connectivity index (χ0v) is 10.5. The van der Waals surface area contributed by atoms with E-state index in [2.05, 4.69) is 56.8 Å². The van der Waals surface area contributed by atoms with Gasteiger partial charge in [-0.2, -0.15) is 0 Å². The summed E-state index contributed by atoms with van der Waals surface area (Å²) in [5, 5.41) is 1.49. The average Bonchev–Trinajstić information content (AvgIpc) is 2.16. The molecule has 0 spiro atoms. The van der Waals surface area contributed by atoms with E-state index in [1.807, 2.05) is 0 Å². The third-order valence-corrected chi connectivity index (χ3v) is 3.59. The van der Waals surface area contributed by atoms with E-state index in [-0.39, 0.29) is 0 Å². The number of benzene rings is 1. The highest BCUT2D eigenvalue weighted by Crippen LogP contribution is 2.15. The second-order valence-corrected chi connectivity index (χ2v) is 5.56. The van der Waals surface area contributed by atoms with Gasteiger partial charge in [0.1, 0.15) is 0 Å². The summed E-state index contributed by atoms with van der Waals surface area (Å²) < 4.78 is 2.25. The minimum Gasteiger partial charge on any atom is -0.327 e. The monoisotopic (exact) mass is 205 g/mol. The Bertz CT molecular complexity index is 283. The van der Waals surface area contributed by atoms with E-state index < -0.39 is 0 Å². The van der Waals surface area contributed by atoms with Gasteiger partial charge in [0.15, 0.2) is 9.68 Å². The highest BCUT2D eigenvalue weighted by atomic mass is 28.2. The van der Waals surface area contributed by atoms with Crippen LogP contribution in [0.3, 0.4) is 0 Å². The molecule has 0 saturated heterocycles. The first-order valence-electron chi connectivity index (χ1n) is 5.18. The van der Waals surface area contributed by atoms with E-state index in [0.717, 1.165) is 9.68 Å². The molecule has 1 unspecified atom stereocenters. The summed E-state index contributed by atoms with van der Waals surface area (Å²) in [5.74, 6) is 0.679. The Morgan fingerprint density at radius 1 is 1.29 bits per heavy atom. The smallest absolute Gasteiger partial charge is 0.182 e. The molecule has 1 rings (SSSR count). The Balaban J connectivity index is 2.91. The molecule has 1 aromatic rings. The van der Waals surface area contributed by atoms with E-state index >= 15 is 0 Å². The maximum Gasteiger partial charge on any atom is 0.182 e. The number of nitrogens with zero attached hydrogens (tertiary/aromatic N) is 1. The second-order valence-electron chi connectivity index (χ2n) is 3.90. The highest BCUT2D eigenvalue weighted by molar-refractivity contribution is 6.51. The maximum atomic E-state index is 2.30. The largest absolute Gasteiger partial charge is 0.327 e. The molecule has 0 aliphatic heterocycles. The van der Waals surface area contributed by atoms with Crippen LogP contribution in [0.2, 0.25) is 0 Å². The molecule has 0 aromatic heterocycles. The fraction of sp³-hybridized carbons (Fsp3) is 0.500. The fourth-order valence-electron chi connectivity index (χ4n) is 1.49. The van der Waals surface area contributed by atoms with Crippen molar-refractivity contribution >= 4 is 14.9 Å². The summed E-state index contributed by atoms with van der Waals surface area (Å²) in [4.78, 5) is 0.